The average Bonchev–Trinajstić information content (AvgIpc) is 2.03. The summed E-state index contributed by atoms with van der Waals surface area (Å²) in [5.74, 6) is -0.163. The Balaban J connectivity index is 2.45. The summed E-state index contributed by atoms with van der Waals surface area (Å²) < 4.78 is 6.09. The molecule has 0 saturated carbocycles. The number of hydrogen-bond acceptors (Lipinski definition) is 2. The summed E-state index contributed by atoms with van der Waals surface area (Å²) in [4.78, 5) is 10.4. The summed E-state index contributed by atoms with van der Waals surface area (Å²) in [6, 6.07) is 10.7. The molecule has 2 nitrogen and oxygen atoms in total. The SMILES string of the molecule is CC(=O)[O][Hg][c]1[c]cccc1. The molecule has 0 spiro atoms. The van der Waals surface area contributed by atoms with Crippen LogP contribution < -0.4 is 3.07 Å². The van der Waals surface area contributed by atoms with E-state index >= 15 is 0 Å². The number of carbonyl (C=O) groups excluding carboxylic acids is 1. The summed E-state index contributed by atoms with van der Waals surface area (Å²) in [6.45, 7) is 1.45. The Kier molecular flexibility index (Phi) is 3.56. The van der Waals surface area contributed by atoms with Crippen LogP contribution in [0.25, 0.3) is 0 Å². The zero-order valence-corrected chi connectivity index (χ0v) is 11.8. The predicted molar refractivity (Wildman–Crippen MR) is 36.7 cm³/mol. The first-order valence-corrected chi connectivity index (χ1v) is 8.37. The minimum atomic E-state index is -1.57. The molecule has 0 aromatic heterocycles. The molecule has 1 rings (SSSR count). The predicted octanol–water partition coefficient (Wildman–Crippen LogP) is 0.673. The zero-order chi connectivity index (χ0) is 8.10. The quantitative estimate of drug-likeness (QED) is 0.743. The van der Waals surface area contributed by atoms with E-state index in [1.165, 1.54) is 6.92 Å². The van der Waals surface area contributed by atoms with Gasteiger partial charge in [0.15, 0.2) is 0 Å². The summed E-state index contributed by atoms with van der Waals surface area (Å²) in [5, 5.41) is 0. The molecule has 53 valence electrons. The van der Waals surface area contributed by atoms with Crippen molar-refractivity contribution in [1.29, 1.82) is 0 Å². The van der Waals surface area contributed by atoms with Crippen LogP contribution in [0.15, 0.2) is 24.3 Å². The minimum absolute atomic E-state index is 0.163. The van der Waals surface area contributed by atoms with Crippen molar-refractivity contribution in [3.05, 3.63) is 30.3 Å². The third-order valence-electron chi connectivity index (χ3n) is 1.20. The van der Waals surface area contributed by atoms with E-state index in [2.05, 4.69) is 6.07 Å². The van der Waals surface area contributed by atoms with Gasteiger partial charge in [-0.25, -0.2) is 0 Å². The molecular formula is C8H7HgO2. The molecule has 1 aromatic carbocycles. The van der Waals surface area contributed by atoms with Gasteiger partial charge < -0.3 is 0 Å². The Hall–Kier alpha value is -0.375. The van der Waals surface area contributed by atoms with Gasteiger partial charge in [-0.05, 0) is 0 Å². The zero-order valence-electron chi connectivity index (χ0n) is 6.33. The average molecular weight is 336 g/mol. The Bertz CT molecular complexity index is 233. The molecule has 0 bridgehead atoms. The Morgan fingerprint density at radius 3 is 3.00 bits per heavy atom. The van der Waals surface area contributed by atoms with Crippen LogP contribution >= 0.6 is 0 Å². The summed E-state index contributed by atoms with van der Waals surface area (Å²) >= 11 is -1.57. The molecule has 0 aliphatic heterocycles. The number of carbonyl (C=O) groups is 1. The first-order chi connectivity index (χ1) is 5.29. The van der Waals surface area contributed by atoms with Gasteiger partial charge in [0.1, 0.15) is 0 Å². The molecule has 0 atom stereocenters. The van der Waals surface area contributed by atoms with E-state index < -0.39 is 25.0 Å². The molecule has 3 heteroatoms. The van der Waals surface area contributed by atoms with E-state index in [-0.39, 0.29) is 5.97 Å². The second-order valence-corrected chi connectivity index (χ2v) is 7.37. The first kappa shape index (κ1) is 8.72. The van der Waals surface area contributed by atoms with Crippen LogP contribution in [0.2, 0.25) is 0 Å². The monoisotopic (exact) mass is 337 g/mol. The molecule has 1 radical (unpaired) electrons. The van der Waals surface area contributed by atoms with Crippen molar-refractivity contribution in [3.63, 3.8) is 0 Å². The molecule has 0 N–H and O–H groups in total. The van der Waals surface area contributed by atoms with Crippen LogP contribution in [0, 0.1) is 6.07 Å². The van der Waals surface area contributed by atoms with Crippen molar-refractivity contribution in [1.82, 2.24) is 0 Å². The molecule has 11 heavy (non-hydrogen) atoms. The Labute approximate surface area is 78.7 Å². The van der Waals surface area contributed by atoms with Crippen LogP contribution in [0.4, 0.5) is 0 Å². The molecule has 0 fully saturated rings. The van der Waals surface area contributed by atoms with Crippen molar-refractivity contribution < 1.29 is 32.5 Å². The van der Waals surface area contributed by atoms with Gasteiger partial charge in [-0.15, -0.1) is 0 Å². The molecule has 0 aliphatic carbocycles. The Morgan fingerprint density at radius 1 is 1.64 bits per heavy atom. The van der Waals surface area contributed by atoms with Gasteiger partial charge in [-0.1, -0.05) is 0 Å². The summed E-state index contributed by atoms with van der Waals surface area (Å²) in [5.41, 5.74) is 0. The summed E-state index contributed by atoms with van der Waals surface area (Å²) in [7, 11) is 0. The maximum atomic E-state index is 10.4. The van der Waals surface area contributed by atoms with Crippen molar-refractivity contribution in [2.75, 3.05) is 0 Å². The van der Waals surface area contributed by atoms with Gasteiger partial charge in [-0.3, -0.25) is 0 Å². The molecule has 0 amide bonds. The molecule has 0 saturated heterocycles. The first-order valence-electron chi connectivity index (χ1n) is 3.38. The van der Waals surface area contributed by atoms with E-state index in [0.717, 1.165) is 3.07 Å². The number of benzene rings is 1. The fourth-order valence-electron chi connectivity index (χ4n) is 0.700. The third-order valence-corrected chi connectivity index (χ3v) is 6.26. The molecular weight excluding hydrogens is 329 g/mol. The fraction of sp³-hybridized carbons (Fsp3) is 0.125. The maximum absolute atomic E-state index is 10.4. The normalized spacial score (nSPS) is 8.45. The van der Waals surface area contributed by atoms with E-state index in [4.69, 9.17) is 2.64 Å². The van der Waals surface area contributed by atoms with E-state index in [1.807, 2.05) is 24.3 Å². The van der Waals surface area contributed by atoms with Crippen LogP contribution in [-0.4, -0.2) is 5.97 Å². The summed E-state index contributed by atoms with van der Waals surface area (Å²) in [6.07, 6.45) is 0. The Morgan fingerprint density at radius 2 is 2.45 bits per heavy atom. The van der Waals surface area contributed by atoms with Crippen molar-refractivity contribution in [3.8, 4) is 0 Å². The van der Waals surface area contributed by atoms with E-state index in [0.29, 0.717) is 0 Å². The van der Waals surface area contributed by atoms with Gasteiger partial charge in [0.25, 0.3) is 0 Å². The van der Waals surface area contributed by atoms with Crippen molar-refractivity contribution in [2.24, 2.45) is 0 Å². The van der Waals surface area contributed by atoms with Crippen LogP contribution in [-0.2, 0) is 32.5 Å². The van der Waals surface area contributed by atoms with Gasteiger partial charge in [0, 0.05) is 0 Å². The van der Waals surface area contributed by atoms with Crippen molar-refractivity contribution in [2.45, 2.75) is 6.92 Å². The molecule has 1 aromatic rings. The third kappa shape index (κ3) is 3.51. The van der Waals surface area contributed by atoms with Gasteiger partial charge in [0.2, 0.25) is 0 Å². The number of hydrogen-bond donors (Lipinski definition) is 0. The van der Waals surface area contributed by atoms with Crippen molar-refractivity contribution >= 4 is 9.04 Å². The topological polar surface area (TPSA) is 26.3 Å². The van der Waals surface area contributed by atoms with Crippen LogP contribution in [0.5, 0.6) is 0 Å². The fourth-order valence-corrected chi connectivity index (χ4v) is 3.78. The van der Waals surface area contributed by atoms with Gasteiger partial charge in [0.05, 0.1) is 0 Å². The second-order valence-electron chi connectivity index (χ2n) is 2.17. The molecule has 0 aliphatic rings. The van der Waals surface area contributed by atoms with Crippen LogP contribution in [0.1, 0.15) is 6.92 Å². The number of rotatable bonds is 2. The van der Waals surface area contributed by atoms with Gasteiger partial charge >= 0.3 is 78.8 Å². The standard InChI is InChI=1S/C6H4.C2H4O2.Hg/c1-2-4-6-5-3-1;1-2(3)4;/h1-4H;1H3,(H,3,4);/q;;+1/p-1. The second kappa shape index (κ2) is 4.49. The van der Waals surface area contributed by atoms with Crippen LogP contribution in [0.3, 0.4) is 0 Å². The molecule has 0 heterocycles. The molecule has 0 unspecified atom stereocenters. The van der Waals surface area contributed by atoms with E-state index in [9.17, 15) is 4.79 Å². The van der Waals surface area contributed by atoms with Gasteiger partial charge in [-0.2, -0.15) is 0 Å². The van der Waals surface area contributed by atoms with E-state index in [1.54, 1.807) is 0 Å².